The number of nitrogens with zero attached hydrogens (tertiary/aromatic N) is 1. The van der Waals surface area contributed by atoms with Crippen LogP contribution in [0.4, 0.5) is 0 Å². The lowest BCUT2D eigenvalue weighted by molar-refractivity contribution is -0.124. The van der Waals surface area contributed by atoms with Crippen LogP contribution >= 0.6 is 0 Å². The van der Waals surface area contributed by atoms with E-state index in [1.165, 1.54) is 18.9 Å². The molecule has 7 nitrogen and oxygen atoms in total. The fourth-order valence-corrected chi connectivity index (χ4v) is 3.52. The Labute approximate surface area is 253 Å². The number of aliphatic imine (C=N–C) groups is 1. The van der Waals surface area contributed by atoms with E-state index in [1.807, 2.05) is 79.7 Å². The summed E-state index contributed by atoms with van der Waals surface area (Å²) in [4.78, 5) is 27.1. The molecule has 1 unspecified atom stereocenters. The number of aromatic hydroxyl groups is 1. The van der Waals surface area contributed by atoms with Crippen molar-refractivity contribution >= 4 is 17.6 Å². The van der Waals surface area contributed by atoms with Crippen molar-refractivity contribution in [3.05, 3.63) is 102 Å². The third-order valence-corrected chi connectivity index (χ3v) is 5.77. The first-order chi connectivity index (χ1) is 19.7. The van der Waals surface area contributed by atoms with Gasteiger partial charge < -0.3 is 21.9 Å². The quantitative estimate of drug-likeness (QED) is 0.133. The molecule has 0 fully saturated rings. The first kappa shape index (κ1) is 39.6. The van der Waals surface area contributed by atoms with E-state index in [0.29, 0.717) is 5.75 Å². The van der Waals surface area contributed by atoms with Gasteiger partial charge in [-0.2, -0.15) is 0 Å². The molecule has 7 heteroatoms. The molecular formula is C35H50N4O3. The molecule has 3 rings (SSSR count). The maximum Gasteiger partial charge on any atom is 0.232 e. The molecule has 0 aliphatic carbocycles. The molecule has 0 saturated heterocycles. The highest BCUT2D eigenvalue weighted by Gasteiger charge is 2.22. The normalized spacial score (nSPS) is 9.98. The standard InChI is InChI=1S/C17H17NO2.C11H16O.C4H11N3.C2H2.CH4/c1-13(19)12-18-17(20)16(14-8-4-2-5-9-14)15-10-6-3-7-11-15;1-3-9(2)8-10-4-6-11(12)7-5-10;1-2-3-7-4(5)6;1-2;/h2-11,16H,12H2,1H3,(H,18,20);4-7,9,12H,3,8H2,1-2H3;2-3H2,1H3,(H4,5,6,7);1-2H;1H4. The topological polar surface area (TPSA) is 131 Å². The van der Waals surface area contributed by atoms with E-state index in [1.54, 1.807) is 12.1 Å². The van der Waals surface area contributed by atoms with Gasteiger partial charge in [-0.15, -0.1) is 12.8 Å². The smallest absolute Gasteiger partial charge is 0.232 e. The Morgan fingerprint density at radius 2 is 1.36 bits per heavy atom. The summed E-state index contributed by atoms with van der Waals surface area (Å²) < 4.78 is 0. The number of nitrogens with two attached hydrogens (primary N) is 2. The number of rotatable bonds is 10. The second kappa shape index (κ2) is 24.2. The molecule has 0 aromatic heterocycles. The van der Waals surface area contributed by atoms with E-state index in [-0.39, 0.29) is 31.6 Å². The van der Waals surface area contributed by atoms with E-state index in [0.717, 1.165) is 36.4 Å². The predicted molar refractivity (Wildman–Crippen MR) is 177 cm³/mol. The summed E-state index contributed by atoms with van der Waals surface area (Å²) in [5.41, 5.74) is 13.2. The van der Waals surface area contributed by atoms with Gasteiger partial charge in [-0.25, -0.2) is 0 Å². The number of carbonyl (C=O) groups excluding carboxylic acids is 2. The third kappa shape index (κ3) is 17.9. The van der Waals surface area contributed by atoms with Crippen molar-refractivity contribution in [3.63, 3.8) is 0 Å². The predicted octanol–water partition coefficient (Wildman–Crippen LogP) is 6.06. The van der Waals surface area contributed by atoms with Gasteiger partial charge in [0.1, 0.15) is 11.5 Å². The summed E-state index contributed by atoms with van der Waals surface area (Å²) in [5, 5.41) is 11.7. The molecule has 0 radical (unpaired) electrons. The fraction of sp³-hybridized carbons (Fsp3) is 0.343. The summed E-state index contributed by atoms with van der Waals surface area (Å²) in [6.45, 7) is 8.72. The summed E-state index contributed by atoms with van der Waals surface area (Å²) in [5.74, 6) is 0.659. The number of Topliss-reactive ketones (excluding diaryl/α,β-unsaturated/α-hetero) is 1. The average Bonchev–Trinajstić information content (AvgIpc) is 2.99. The summed E-state index contributed by atoms with van der Waals surface area (Å²) in [6, 6.07) is 26.6. The molecule has 1 atom stereocenters. The van der Waals surface area contributed by atoms with Crippen molar-refractivity contribution in [2.75, 3.05) is 13.1 Å². The molecule has 42 heavy (non-hydrogen) atoms. The first-order valence-corrected chi connectivity index (χ1v) is 13.7. The fourth-order valence-electron chi connectivity index (χ4n) is 3.52. The van der Waals surface area contributed by atoms with Crippen molar-refractivity contribution < 1.29 is 14.7 Å². The van der Waals surface area contributed by atoms with Gasteiger partial charge in [-0.1, -0.05) is 107 Å². The van der Waals surface area contributed by atoms with Crippen LogP contribution in [0.2, 0.25) is 0 Å². The van der Waals surface area contributed by atoms with Gasteiger partial charge in [0.25, 0.3) is 0 Å². The molecule has 0 spiro atoms. The monoisotopic (exact) mass is 574 g/mol. The number of terminal acetylenes is 1. The molecule has 0 heterocycles. The summed E-state index contributed by atoms with van der Waals surface area (Å²) in [6.07, 6.45) is 11.3. The van der Waals surface area contributed by atoms with Gasteiger partial charge in [-0.05, 0) is 54.5 Å². The van der Waals surface area contributed by atoms with E-state index in [9.17, 15) is 9.59 Å². The molecule has 0 aliphatic rings. The number of hydrogen-bond donors (Lipinski definition) is 4. The van der Waals surface area contributed by atoms with Crippen LogP contribution in [0.5, 0.6) is 5.75 Å². The van der Waals surface area contributed by atoms with Crippen LogP contribution in [0.25, 0.3) is 0 Å². The largest absolute Gasteiger partial charge is 0.508 e. The highest BCUT2D eigenvalue weighted by atomic mass is 16.3. The maximum atomic E-state index is 12.4. The van der Waals surface area contributed by atoms with Gasteiger partial charge in [0.15, 0.2) is 5.96 Å². The first-order valence-electron chi connectivity index (χ1n) is 13.7. The molecule has 0 aliphatic heterocycles. The van der Waals surface area contributed by atoms with E-state index in [4.69, 9.17) is 16.6 Å². The Morgan fingerprint density at radius 3 is 1.71 bits per heavy atom. The molecule has 3 aromatic carbocycles. The van der Waals surface area contributed by atoms with Crippen LogP contribution < -0.4 is 16.8 Å². The minimum absolute atomic E-state index is 0. The van der Waals surface area contributed by atoms with E-state index in [2.05, 4.69) is 37.0 Å². The Kier molecular flexibility index (Phi) is 22.8. The lowest BCUT2D eigenvalue weighted by atomic mass is 9.90. The minimum atomic E-state index is -0.392. The maximum absolute atomic E-state index is 12.4. The number of benzene rings is 3. The second-order valence-corrected chi connectivity index (χ2v) is 9.36. The summed E-state index contributed by atoms with van der Waals surface area (Å²) >= 11 is 0. The molecule has 0 bridgehead atoms. The van der Waals surface area contributed by atoms with Gasteiger partial charge in [0, 0.05) is 6.54 Å². The number of nitrogens with one attached hydrogen (secondary N) is 1. The zero-order chi connectivity index (χ0) is 31.0. The lowest BCUT2D eigenvalue weighted by Gasteiger charge is -2.17. The number of hydrogen-bond acceptors (Lipinski definition) is 4. The van der Waals surface area contributed by atoms with Crippen molar-refractivity contribution in [2.24, 2.45) is 22.4 Å². The number of carbonyl (C=O) groups is 2. The molecule has 1 amide bonds. The average molecular weight is 575 g/mol. The number of guanidine groups is 1. The van der Waals surface area contributed by atoms with Gasteiger partial charge in [0.2, 0.25) is 5.91 Å². The van der Waals surface area contributed by atoms with Gasteiger partial charge in [-0.3, -0.25) is 14.6 Å². The second-order valence-electron chi connectivity index (χ2n) is 9.36. The number of phenolic OH excluding ortho intramolecular Hbond substituents is 1. The molecule has 228 valence electrons. The SMILES string of the molecule is C.C#C.CC(=O)CNC(=O)C(c1ccccc1)c1ccccc1.CCC(C)Cc1ccc(O)cc1.CCCN=C(N)N. The zero-order valence-corrected chi connectivity index (χ0v) is 24.8. The molecule has 6 N–H and O–H groups in total. The third-order valence-electron chi connectivity index (χ3n) is 5.77. The van der Waals surface area contributed by atoms with Crippen molar-refractivity contribution in [1.82, 2.24) is 5.32 Å². The van der Waals surface area contributed by atoms with Crippen molar-refractivity contribution in [3.8, 4) is 18.6 Å². The van der Waals surface area contributed by atoms with Crippen LogP contribution in [0.3, 0.4) is 0 Å². The van der Waals surface area contributed by atoms with E-state index < -0.39 is 5.92 Å². The van der Waals surface area contributed by atoms with Crippen LogP contribution in [0, 0.1) is 18.8 Å². The molecular weight excluding hydrogens is 524 g/mol. The van der Waals surface area contributed by atoms with Crippen LogP contribution in [-0.4, -0.2) is 35.8 Å². The highest BCUT2D eigenvalue weighted by Crippen LogP contribution is 2.24. The zero-order valence-electron chi connectivity index (χ0n) is 24.8. The van der Waals surface area contributed by atoms with Gasteiger partial charge in [0.05, 0.1) is 12.5 Å². The molecule has 3 aromatic rings. The molecule has 0 saturated carbocycles. The Balaban J connectivity index is 0. The highest BCUT2D eigenvalue weighted by molar-refractivity contribution is 5.90. The van der Waals surface area contributed by atoms with Crippen molar-refractivity contribution in [1.29, 1.82) is 0 Å². The number of amides is 1. The van der Waals surface area contributed by atoms with E-state index >= 15 is 0 Å². The lowest BCUT2D eigenvalue weighted by Crippen LogP contribution is -2.33. The number of phenols is 1. The summed E-state index contributed by atoms with van der Waals surface area (Å²) in [7, 11) is 0. The Morgan fingerprint density at radius 1 is 0.881 bits per heavy atom. The van der Waals surface area contributed by atoms with Crippen LogP contribution in [-0.2, 0) is 16.0 Å². The van der Waals surface area contributed by atoms with Gasteiger partial charge >= 0.3 is 0 Å². The number of ketones is 1. The van der Waals surface area contributed by atoms with Crippen LogP contribution in [0.1, 0.15) is 70.6 Å². The van der Waals surface area contributed by atoms with Crippen LogP contribution in [0.15, 0.2) is 89.9 Å². The van der Waals surface area contributed by atoms with Crippen molar-refractivity contribution in [2.45, 2.75) is 60.3 Å². The minimum Gasteiger partial charge on any atom is -0.508 e. The Hall–Kier alpha value is -4.57. The Bertz CT molecular complexity index is 1120.